The zero-order valence-corrected chi connectivity index (χ0v) is 14.7. The normalized spacial score (nSPS) is 13.9. The van der Waals surface area contributed by atoms with Gasteiger partial charge in [-0.2, -0.15) is 0 Å². The summed E-state index contributed by atoms with van der Waals surface area (Å²) in [7, 11) is -3.06. The Labute approximate surface area is 130 Å². The summed E-state index contributed by atoms with van der Waals surface area (Å²) in [6, 6.07) is 8.18. The minimum atomic E-state index is -3.06. The molecule has 0 saturated heterocycles. The van der Waals surface area contributed by atoms with Crippen LogP contribution >= 0.6 is 0 Å². The first kappa shape index (κ1) is 18.2. The van der Waals surface area contributed by atoms with Crippen LogP contribution in [0.2, 0.25) is 0 Å². The molecule has 0 aliphatic heterocycles. The smallest absolute Gasteiger partial charge is 0.154 e. The summed E-state index contributed by atoms with van der Waals surface area (Å²) in [5.74, 6) is 0.645. The fourth-order valence-corrected chi connectivity index (χ4v) is 3.29. The monoisotopic (exact) mass is 311 g/mol. The van der Waals surface area contributed by atoms with Gasteiger partial charge in [0.05, 0.1) is 11.0 Å². The van der Waals surface area contributed by atoms with E-state index in [1.165, 1.54) is 5.56 Å². The second kappa shape index (κ2) is 7.95. The molecule has 3 nitrogen and oxygen atoms in total. The molecule has 0 amide bonds. The molecule has 0 aromatic heterocycles. The Morgan fingerprint density at radius 3 is 1.95 bits per heavy atom. The lowest BCUT2D eigenvalue weighted by Gasteiger charge is -2.21. The van der Waals surface area contributed by atoms with Crippen LogP contribution in [0.3, 0.4) is 0 Å². The molecule has 0 heterocycles. The molecule has 1 rings (SSSR count). The van der Waals surface area contributed by atoms with E-state index in [0.717, 1.165) is 18.5 Å². The van der Waals surface area contributed by atoms with E-state index in [2.05, 4.69) is 50.4 Å². The van der Waals surface area contributed by atoms with Crippen LogP contribution in [0.5, 0.6) is 0 Å². The van der Waals surface area contributed by atoms with Gasteiger partial charge in [-0.05, 0) is 43.9 Å². The molecule has 0 bridgehead atoms. The van der Waals surface area contributed by atoms with Crippen LogP contribution in [0.25, 0.3) is 0 Å². The lowest BCUT2D eigenvalue weighted by molar-refractivity contribution is 0.541. The molecule has 4 heteroatoms. The molecule has 1 N–H and O–H groups in total. The van der Waals surface area contributed by atoms with Crippen molar-refractivity contribution in [3.8, 4) is 0 Å². The molecule has 0 aliphatic carbocycles. The van der Waals surface area contributed by atoms with Crippen molar-refractivity contribution in [3.63, 3.8) is 0 Å². The minimum absolute atomic E-state index is 0.126. The van der Waals surface area contributed by atoms with E-state index in [1.54, 1.807) is 13.8 Å². The molecule has 1 aromatic carbocycles. The average molecular weight is 311 g/mol. The van der Waals surface area contributed by atoms with E-state index >= 15 is 0 Å². The summed E-state index contributed by atoms with van der Waals surface area (Å²) in [6.07, 6.45) is 0.988. The first-order valence-corrected chi connectivity index (χ1v) is 9.54. The minimum Gasteiger partial charge on any atom is -0.309 e. The zero-order chi connectivity index (χ0) is 16.0. The maximum atomic E-state index is 12.2. The van der Waals surface area contributed by atoms with Crippen LogP contribution in [0.4, 0.5) is 0 Å². The molecular formula is C17H29NO2S. The van der Waals surface area contributed by atoms with Gasteiger partial charge in [0.2, 0.25) is 0 Å². The van der Waals surface area contributed by atoms with Crippen molar-refractivity contribution in [2.24, 2.45) is 0 Å². The SMILES string of the molecule is CCCNC(CS(=O)(=O)C(C)C)c1ccc(C(C)C)cc1. The van der Waals surface area contributed by atoms with Crippen LogP contribution in [0.1, 0.15) is 64.1 Å². The molecule has 1 atom stereocenters. The molecule has 0 fully saturated rings. The van der Waals surface area contributed by atoms with E-state index in [4.69, 9.17) is 0 Å². The van der Waals surface area contributed by atoms with Gasteiger partial charge < -0.3 is 5.32 Å². The first-order valence-electron chi connectivity index (χ1n) is 7.82. The van der Waals surface area contributed by atoms with Crippen LogP contribution in [-0.4, -0.2) is 26.0 Å². The van der Waals surface area contributed by atoms with Gasteiger partial charge in [-0.15, -0.1) is 0 Å². The van der Waals surface area contributed by atoms with Gasteiger partial charge in [-0.1, -0.05) is 45.0 Å². The van der Waals surface area contributed by atoms with E-state index in [1.807, 2.05) is 0 Å². The van der Waals surface area contributed by atoms with Crippen molar-refractivity contribution < 1.29 is 8.42 Å². The maximum Gasteiger partial charge on any atom is 0.154 e. The molecule has 0 saturated carbocycles. The van der Waals surface area contributed by atoms with E-state index < -0.39 is 9.84 Å². The van der Waals surface area contributed by atoms with Crippen LogP contribution in [0.15, 0.2) is 24.3 Å². The maximum absolute atomic E-state index is 12.2. The van der Waals surface area contributed by atoms with Crippen molar-refractivity contribution in [3.05, 3.63) is 35.4 Å². The van der Waals surface area contributed by atoms with E-state index in [-0.39, 0.29) is 17.0 Å². The van der Waals surface area contributed by atoms with Crippen LogP contribution in [0, 0.1) is 0 Å². The number of nitrogens with one attached hydrogen (secondary N) is 1. The second-order valence-corrected chi connectivity index (χ2v) is 8.81. The lowest BCUT2D eigenvalue weighted by atomic mass is 9.99. The average Bonchev–Trinajstić information content (AvgIpc) is 2.43. The van der Waals surface area contributed by atoms with Gasteiger partial charge in [0, 0.05) is 6.04 Å². The van der Waals surface area contributed by atoms with E-state index in [0.29, 0.717) is 5.92 Å². The number of benzene rings is 1. The number of hydrogen-bond donors (Lipinski definition) is 1. The van der Waals surface area contributed by atoms with Crippen LogP contribution < -0.4 is 5.32 Å². The summed E-state index contributed by atoms with van der Waals surface area (Å²) < 4.78 is 24.4. The molecule has 0 aliphatic rings. The molecule has 1 aromatic rings. The van der Waals surface area contributed by atoms with Gasteiger partial charge in [0.15, 0.2) is 9.84 Å². The fraction of sp³-hybridized carbons (Fsp3) is 0.647. The van der Waals surface area contributed by atoms with Crippen molar-refractivity contribution in [2.75, 3.05) is 12.3 Å². The lowest BCUT2D eigenvalue weighted by Crippen LogP contribution is -2.31. The van der Waals surface area contributed by atoms with Gasteiger partial charge in [0.25, 0.3) is 0 Å². The van der Waals surface area contributed by atoms with E-state index in [9.17, 15) is 8.42 Å². The highest BCUT2D eigenvalue weighted by Crippen LogP contribution is 2.21. The molecular weight excluding hydrogens is 282 g/mol. The van der Waals surface area contributed by atoms with Crippen molar-refractivity contribution >= 4 is 9.84 Å². The summed E-state index contributed by atoms with van der Waals surface area (Å²) in [4.78, 5) is 0. The summed E-state index contributed by atoms with van der Waals surface area (Å²) >= 11 is 0. The predicted octanol–water partition coefficient (Wildman–Crippen LogP) is 3.67. The predicted molar refractivity (Wildman–Crippen MR) is 90.5 cm³/mol. The van der Waals surface area contributed by atoms with Crippen molar-refractivity contribution in [1.82, 2.24) is 5.32 Å². The molecule has 120 valence electrons. The highest BCUT2D eigenvalue weighted by molar-refractivity contribution is 7.92. The van der Waals surface area contributed by atoms with Gasteiger partial charge >= 0.3 is 0 Å². The molecule has 21 heavy (non-hydrogen) atoms. The van der Waals surface area contributed by atoms with Gasteiger partial charge in [-0.25, -0.2) is 8.42 Å². The summed E-state index contributed by atoms with van der Waals surface area (Å²) in [5, 5.41) is 3.03. The summed E-state index contributed by atoms with van der Waals surface area (Å²) in [6.45, 7) is 10.7. The van der Waals surface area contributed by atoms with Crippen LogP contribution in [-0.2, 0) is 9.84 Å². The Morgan fingerprint density at radius 1 is 1.00 bits per heavy atom. The Bertz CT molecular complexity index is 518. The molecule has 0 spiro atoms. The second-order valence-electron chi connectivity index (χ2n) is 6.21. The Balaban J connectivity index is 2.96. The van der Waals surface area contributed by atoms with Crippen molar-refractivity contribution in [2.45, 2.75) is 58.2 Å². The fourth-order valence-electron chi connectivity index (χ4n) is 2.13. The molecule has 0 radical (unpaired) electrons. The number of hydrogen-bond acceptors (Lipinski definition) is 3. The third-order valence-electron chi connectivity index (χ3n) is 3.76. The topological polar surface area (TPSA) is 46.2 Å². The Morgan fingerprint density at radius 2 is 1.52 bits per heavy atom. The number of sulfone groups is 1. The van der Waals surface area contributed by atoms with Gasteiger partial charge in [-0.3, -0.25) is 0 Å². The quantitative estimate of drug-likeness (QED) is 0.796. The number of rotatable bonds is 8. The third kappa shape index (κ3) is 5.44. The third-order valence-corrected chi connectivity index (χ3v) is 6.00. The first-order chi connectivity index (χ1) is 9.77. The van der Waals surface area contributed by atoms with Crippen molar-refractivity contribution in [1.29, 1.82) is 0 Å². The zero-order valence-electron chi connectivity index (χ0n) is 13.9. The highest BCUT2D eigenvalue weighted by atomic mass is 32.2. The Hall–Kier alpha value is -0.870. The largest absolute Gasteiger partial charge is 0.309 e. The van der Waals surface area contributed by atoms with Gasteiger partial charge in [0.1, 0.15) is 0 Å². The molecule has 1 unspecified atom stereocenters. The standard InChI is InChI=1S/C17H29NO2S/c1-6-11-18-17(12-21(19,20)14(4)5)16-9-7-15(8-10-16)13(2)3/h7-10,13-14,17-18H,6,11-12H2,1-5H3. The Kier molecular flexibility index (Phi) is 6.88. The summed E-state index contributed by atoms with van der Waals surface area (Å²) in [5.41, 5.74) is 2.33. The highest BCUT2D eigenvalue weighted by Gasteiger charge is 2.23.